The third-order valence-corrected chi connectivity index (χ3v) is 4.51. The zero-order valence-electron chi connectivity index (χ0n) is 9.83. The molecule has 3 nitrogen and oxygen atoms in total. The van der Waals surface area contributed by atoms with Gasteiger partial charge in [0, 0.05) is 15.9 Å². The second-order valence-electron chi connectivity index (χ2n) is 5.16. The molecule has 1 aromatic heterocycles. The summed E-state index contributed by atoms with van der Waals surface area (Å²) < 4.78 is 1.07. The summed E-state index contributed by atoms with van der Waals surface area (Å²) in [6, 6.07) is 6.33. The van der Waals surface area contributed by atoms with Crippen molar-refractivity contribution in [3.63, 3.8) is 0 Å². The van der Waals surface area contributed by atoms with E-state index in [4.69, 9.17) is 10.7 Å². The van der Waals surface area contributed by atoms with Crippen molar-refractivity contribution in [3.8, 4) is 0 Å². The highest BCUT2D eigenvalue weighted by Gasteiger charge is 2.40. The number of rotatable bonds is 1. The Morgan fingerprint density at radius 3 is 3.06 bits per heavy atom. The first-order chi connectivity index (χ1) is 8.09. The van der Waals surface area contributed by atoms with E-state index in [1.54, 1.807) is 0 Å². The number of halogens is 1. The predicted octanol–water partition coefficient (Wildman–Crippen LogP) is 3.09. The second kappa shape index (κ2) is 3.82. The molecule has 2 unspecified atom stereocenters. The van der Waals surface area contributed by atoms with Crippen LogP contribution in [0.2, 0.25) is 0 Å². The molecule has 1 aliphatic rings. The van der Waals surface area contributed by atoms with Gasteiger partial charge in [0.1, 0.15) is 5.82 Å². The molecule has 0 saturated heterocycles. The number of aromatic amines is 1. The van der Waals surface area contributed by atoms with E-state index < -0.39 is 0 Å². The van der Waals surface area contributed by atoms with Crippen LogP contribution in [0.25, 0.3) is 11.0 Å². The Labute approximate surface area is 109 Å². The van der Waals surface area contributed by atoms with Gasteiger partial charge in [-0.25, -0.2) is 4.98 Å². The summed E-state index contributed by atoms with van der Waals surface area (Å²) in [7, 11) is 0. The van der Waals surface area contributed by atoms with E-state index in [9.17, 15) is 0 Å². The maximum absolute atomic E-state index is 6.23. The van der Waals surface area contributed by atoms with Crippen molar-refractivity contribution >= 4 is 27.0 Å². The second-order valence-corrected chi connectivity index (χ2v) is 6.08. The Hall–Kier alpha value is -0.870. The quantitative estimate of drug-likeness (QED) is 0.849. The Balaban J connectivity index is 2.12. The third-order valence-electron chi connectivity index (χ3n) is 4.01. The lowest BCUT2D eigenvalue weighted by molar-refractivity contribution is 0.409. The number of aromatic nitrogens is 2. The van der Waals surface area contributed by atoms with Gasteiger partial charge in [0.05, 0.1) is 11.0 Å². The number of hydrogen-bond donors (Lipinski definition) is 2. The number of nitrogens with one attached hydrogen (secondary N) is 1. The van der Waals surface area contributed by atoms with Crippen LogP contribution in [0.5, 0.6) is 0 Å². The molecule has 90 valence electrons. The summed E-state index contributed by atoms with van der Waals surface area (Å²) >= 11 is 3.48. The highest BCUT2D eigenvalue weighted by Crippen LogP contribution is 2.39. The summed E-state index contributed by atoms with van der Waals surface area (Å²) in [5, 5.41) is 0. The van der Waals surface area contributed by atoms with Gasteiger partial charge in [0.15, 0.2) is 0 Å². The minimum Gasteiger partial charge on any atom is -0.341 e. The lowest BCUT2D eigenvalue weighted by Gasteiger charge is -2.26. The van der Waals surface area contributed by atoms with Gasteiger partial charge in [-0.1, -0.05) is 29.3 Å². The van der Waals surface area contributed by atoms with Crippen LogP contribution < -0.4 is 5.73 Å². The van der Waals surface area contributed by atoms with Crippen LogP contribution in [0.4, 0.5) is 0 Å². The molecule has 3 rings (SSSR count). The molecule has 3 N–H and O–H groups in total. The first-order valence-corrected chi connectivity index (χ1v) is 6.80. The number of benzene rings is 1. The molecular formula is C13H16BrN3. The minimum absolute atomic E-state index is 0.00545. The van der Waals surface area contributed by atoms with Gasteiger partial charge < -0.3 is 10.7 Å². The van der Waals surface area contributed by atoms with Gasteiger partial charge in [-0.3, -0.25) is 0 Å². The molecule has 0 spiro atoms. The minimum atomic E-state index is 0.00545. The SMILES string of the molecule is CC1(c2nc3ccc(Br)cc3[nH]2)CCCC1N. The standard InChI is InChI=1S/C13H16BrN3/c1-13(6-2-3-11(13)15)12-16-9-5-4-8(14)7-10(9)17-12/h4-5,7,11H,2-3,6,15H2,1H3,(H,16,17). The van der Waals surface area contributed by atoms with Gasteiger partial charge >= 0.3 is 0 Å². The Kier molecular flexibility index (Phi) is 2.52. The van der Waals surface area contributed by atoms with Gasteiger partial charge in [0.2, 0.25) is 0 Å². The molecular weight excluding hydrogens is 278 g/mol. The fraction of sp³-hybridized carbons (Fsp3) is 0.462. The predicted molar refractivity (Wildman–Crippen MR) is 73.0 cm³/mol. The van der Waals surface area contributed by atoms with Crippen LogP contribution in [0.3, 0.4) is 0 Å². The topological polar surface area (TPSA) is 54.7 Å². The highest BCUT2D eigenvalue weighted by molar-refractivity contribution is 9.10. The van der Waals surface area contributed by atoms with Gasteiger partial charge in [0.25, 0.3) is 0 Å². The van der Waals surface area contributed by atoms with Crippen molar-refractivity contribution in [1.82, 2.24) is 9.97 Å². The fourth-order valence-electron chi connectivity index (χ4n) is 2.74. The molecule has 1 aromatic carbocycles. The van der Waals surface area contributed by atoms with E-state index in [0.29, 0.717) is 0 Å². The number of H-pyrrole nitrogens is 1. The molecule has 1 saturated carbocycles. The zero-order chi connectivity index (χ0) is 12.0. The maximum atomic E-state index is 6.23. The number of fused-ring (bicyclic) bond motifs is 1. The normalized spacial score (nSPS) is 29.0. The van der Waals surface area contributed by atoms with Crippen molar-refractivity contribution in [2.24, 2.45) is 5.73 Å². The summed E-state index contributed by atoms with van der Waals surface area (Å²) in [5.74, 6) is 1.04. The Morgan fingerprint density at radius 2 is 2.35 bits per heavy atom. The summed E-state index contributed by atoms with van der Waals surface area (Å²) in [6.45, 7) is 2.22. The first kappa shape index (κ1) is 11.2. The summed E-state index contributed by atoms with van der Waals surface area (Å²) in [5.41, 5.74) is 8.33. The molecule has 1 fully saturated rings. The Morgan fingerprint density at radius 1 is 1.53 bits per heavy atom. The summed E-state index contributed by atoms with van der Waals surface area (Å²) in [6.07, 6.45) is 3.41. The van der Waals surface area contributed by atoms with Crippen LogP contribution in [-0.4, -0.2) is 16.0 Å². The molecule has 1 heterocycles. The van der Waals surface area contributed by atoms with Crippen molar-refractivity contribution in [2.45, 2.75) is 37.6 Å². The van der Waals surface area contributed by atoms with Crippen LogP contribution in [0.1, 0.15) is 32.0 Å². The molecule has 0 aliphatic heterocycles. The van der Waals surface area contributed by atoms with E-state index in [1.807, 2.05) is 12.1 Å². The number of nitrogens with zero attached hydrogens (tertiary/aromatic N) is 1. The highest BCUT2D eigenvalue weighted by atomic mass is 79.9. The van der Waals surface area contributed by atoms with Crippen molar-refractivity contribution in [1.29, 1.82) is 0 Å². The third kappa shape index (κ3) is 1.70. The van der Waals surface area contributed by atoms with Crippen molar-refractivity contribution in [3.05, 3.63) is 28.5 Å². The van der Waals surface area contributed by atoms with E-state index in [2.05, 4.69) is 33.9 Å². The van der Waals surface area contributed by atoms with E-state index >= 15 is 0 Å². The smallest absolute Gasteiger partial charge is 0.114 e. The molecule has 4 heteroatoms. The van der Waals surface area contributed by atoms with E-state index in [-0.39, 0.29) is 11.5 Å². The van der Waals surface area contributed by atoms with Gasteiger partial charge in [-0.05, 0) is 31.0 Å². The molecule has 2 aromatic rings. The van der Waals surface area contributed by atoms with Gasteiger partial charge in [-0.15, -0.1) is 0 Å². The lowest BCUT2D eigenvalue weighted by atomic mass is 9.84. The largest absolute Gasteiger partial charge is 0.341 e. The average molecular weight is 294 g/mol. The number of nitrogens with two attached hydrogens (primary N) is 1. The van der Waals surface area contributed by atoms with Gasteiger partial charge in [-0.2, -0.15) is 0 Å². The molecule has 2 atom stereocenters. The van der Waals surface area contributed by atoms with Crippen molar-refractivity contribution in [2.75, 3.05) is 0 Å². The van der Waals surface area contributed by atoms with Crippen molar-refractivity contribution < 1.29 is 0 Å². The van der Waals surface area contributed by atoms with Crippen LogP contribution >= 0.6 is 15.9 Å². The number of imidazole rings is 1. The molecule has 17 heavy (non-hydrogen) atoms. The van der Waals surface area contributed by atoms with Crippen LogP contribution in [0, 0.1) is 0 Å². The van der Waals surface area contributed by atoms with E-state index in [0.717, 1.165) is 34.2 Å². The lowest BCUT2D eigenvalue weighted by Crippen LogP contribution is -2.39. The summed E-state index contributed by atoms with van der Waals surface area (Å²) in [4.78, 5) is 8.13. The monoisotopic (exact) mass is 293 g/mol. The molecule has 0 bridgehead atoms. The Bertz CT molecular complexity index is 563. The fourth-order valence-corrected chi connectivity index (χ4v) is 3.10. The zero-order valence-corrected chi connectivity index (χ0v) is 11.4. The average Bonchev–Trinajstić information content (AvgIpc) is 2.84. The first-order valence-electron chi connectivity index (χ1n) is 6.01. The molecule has 1 aliphatic carbocycles. The van der Waals surface area contributed by atoms with E-state index in [1.165, 1.54) is 6.42 Å². The maximum Gasteiger partial charge on any atom is 0.114 e. The molecule has 0 radical (unpaired) electrons. The van der Waals surface area contributed by atoms with Crippen LogP contribution in [0.15, 0.2) is 22.7 Å². The number of hydrogen-bond acceptors (Lipinski definition) is 2. The molecule has 0 amide bonds. The van der Waals surface area contributed by atoms with Crippen LogP contribution in [-0.2, 0) is 5.41 Å².